The van der Waals surface area contributed by atoms with Crippen molar-refractivity contribution in [3.8, 4) is 0 Å². The molecule has 3 heteroatoms. The van der Waals surface area contributed by atoms with Crippen LogP contribution in [-0.4, -0.2) is 4.98 Å². The van der Waals surface area contributed by atoms with Crippen molar-refractivity contribution in [3.63, 3.8) is 0 Å². The number of aromatic amines is 1. The lowest BCUT2D eigenvalue weighted by molar-refractivity contribution is 1.16. The van der Waals surface area contributed by atoms with Gasteiger partial charge >= 0.3 is 0 Å². The van der Waals surface area contributed by atoms with Gasteiger partial charge in [0.15, 0.2) is 0 Å². The highest BCUT2D eigenvalue weighted by molar-refractivity contribution is 5.83. The molecule has 0 bridgehead atoms. The van der Waals surface area contributed by atoms with Gasteiger partial charge in [-0.1, -0.05) is 24.3 Å². The summed E-state index contributed by atoms with van der Waals surface area (Å²) in [7, 11) is 0. The van der Waals surface area contributed by atoms with E-state index in [0.717, 1.165) is 23.4 Å². The van der Waals surface area contributed by atoms with Crippen molar-refractivity contribution < 1.29 is 0 Å². The Morgan fingerprint density at radius 2 is 2.00 bits per heavy atom. The number of rotatable bonds is 3. The molecule has 0 radical (unpaired) electrons. The van der Waals surface area contributed by atoms with Crippen molar-refractivity contribution in [2.45, 2.75) is 13.5 Å². The van der Waals surface area contributed by atoms with Gasteiger partial charge in [0.05, 0.1) is 11.4 Å². The van der Waals surface area contributed by atoms with E-state index in [1.807, 2.05) is 24.4 Å². The number of fused-ring (bicyclic) bond motifs is 1. The molecule has 0 saturated carbocycles. The second-order valence-electron chi connectivity index (χ2n) is 4.80. The number of benzene rings is 2. The monoisotopic (exact) mass is 251 g/mol. The van der Waals surface area contributed by atoms with Crippen molar-refractivity contribution in [3.05, 3.63) is 59.8 Å². The Morgan fingerprint density at radius 3 is 2.89 bits per heavy atom. The predicted molar refractivity (Wildman–Crippen MR) is 81.2 cm³/mol. The average molecular weight is 251 g/mol. The quantitative estimate of drug-likeness (QED) is 0.622. The Labute approximate surface area is 112 Å². The Hall–Kier alpha value is -2.42. The van der Waals surface area contributed by atoms with Gasteiger partial charge in [0.25, 0.3) is 0 Å². The molecule has 0 unspecified atom stereocenters. The zero-order chi connectivity index (χ0) is 13.2. The number of nitrogens with one attached hydrogen (secondary N) is 2. The topological polar surface area (TPSA) is 53.8 Å². The molecule has 3 aromatic rings. The van der Waals surface area contributed by atoms with Gasteiger partial charge in [-0.25, -0.2) is 0 Å². The Balaban J connectivity index is 1.84. The van der Waals surface area contributed by atoms with Gasteiger partial charge in [-0.3, -0.25) is 0 Å². The summed E-state index contributed by atoms with van der Waals surface area (Å²) >= 11 is 0. The summed E-state index contributed by atoms with van der Waals surface area (Å²) in [5.41, 5.74) is 11.4. The molecule has 0 amide bonds. The third-order valence-electron chi connectivity index (χ3n) is 3.35. The summed E-state index contributed by atoms with van der Waals surface area (Å²) in [6.07, 6.45) is 2.05. The van der Waals surface area contributed by atoms with E-state index >= 15 is 0 Å². The van der Waals surface area contributed by atoms with Gasteiger partial charge in [-0.05, 0) is 36.2 Å². The van der Waals surface area contributed by atoms with Gasteiger partial charge in [0.1, 0.15) is 0 Å². The van der Waals surface area contributed by atoms with E-state index in [0.29, 0.717) is 0 Å². The van der Waals surface area contributed by atoms with E-state index < -0.39 is 0 Å². The summed E-state index contributed by atoms with van der Waals surface area (Å²) < 4.78 is 0. The first-order valence-electron chi connectivity index (χ1n) is 6.39. The SMILES string of the molecule is Cc1ccc(N)c(NCc2c[nH]c3ccccc23)c1. The van der Waals surface area contributed by atoms with Crippen LogP contribution < -0.4 is 11.1 Å². The molecule has 2 aromatic carbocycles. The van der Waals surface area contributed by atoms with Crippen molar-refractivity contribution in [2.24, 2.45) is 0 Å². The molecule has 0 fully saturated rings. The lowest BCUT2D eigenvalue weighted by Crippen LogP contribution is -2.02. The fourth-order valence-corrected chi connectivity index (χ4v) is 2.29. The molecule has 19 heavy (non-hydrogen) atoms. The van der Waals surface area contributed by atoms with E-state index in [4.69, 9.17) is 5.73 Å². The molecule has 96 valence electrons. The van der Waals surface area contributed by atoms with Crippen molar-refractivity contribution in [2.75, 3.05) is 11.1 Å². The molecule has 0 aliphatic rings. The first-order valence-corrected chi connectivity index (χ1v) is 6.39. The second kappa shape index (κ2) is 4.69. The second-order valence-corrected chi connectivity index (χ2v) is 4.80. The van der Waals surface area contributed by atoms with Crippen LogP contribution in [0.3, 0.4) is 0 Å². The van der Waals surface area contributed by atoms with Crippen LogP contribution in [0.2, 0.25) is 0 Å². The number of anilines is 2. The number of nitrogen functional groups attached to an aromatic ring is 1. The van der Waals surface area contributed by atoms with Crippen molar-refractivity contribution in [1.29, 1.82) is 0 Å². The highest BCUT2D eigenvalue weighted by atomic mass is 14.9. The molecule has 3 rings (SSSR count). The number of para-hydroxylation sites is 1. The van der Waals surface area contributed by atoms with Gasteiger partial charge in [0, 0.05) is 23.6 Å². The molecule has 0 aliphatic heterocycles. The molecule has 3 nitrogen and oxygen atoms in total. The van der Waals surface area contributed by atoms with Gasteiger partial charge < -0.3 is 16.0 Å². The number of aromatic nitrogens is 1. The molecule has 0 aliphatic carbocycles. The molecule has 1 aromatic heterocycles. The first-order chi connectivity index (χ1) is 9.24. The maximum absolute atomic E-state index is 5.97. The fourth-order valence-electron chi connectivity index (χ4n) is 2.29. The largest absolute Gasteiger partial charge is 0.397 e. The normalized spacial score (nSPS) is 10.8. The Kier molecular flexibility index (Phi) is 2.88. The number of hydrogen-bond acceptors (Lipinski definition) is 2. The number of hydrogen-bond donors (Lipinski definition) is 3. The van der Waals surface area contributed by atoms with Crippen LogP contribution in [0.4, 0.5) is 11.4 Å². The zero-order valence-electron chi connectivity index (χ0n) is 10.9. The Morgan fingerprint density at radius 1 is 1.16 bits per heavy atom. The molecular weight excluding hydrogens is 234 g/mol. The number of nitrogens with two attached hydrogens (primary N) is 1. The average Bonchev–Trinajstić information content (AvgIpc) is 2.83. The molecular formula is C16H17N3. The fraction of sp³-hybridized carbons (Fsp3) is 0.125. The maximum Gasteiger partial charge on any atom is 0.0579 e. The van der Waals surface area contributed by atoms with E-state index in [1.165, 1.54) is 16.5 Å². The Bertz CT molecular complexity index is 713. The van der Waals surface area contributed by atoms with Gasteiger partial charge in [-0.2, -0.15) is 0 Å². The van der Waals surface area contributed by atoms with Crippen LogP contribution in [0, 0.1) is 6.92 Å². The van der Waals surface area contributed by atoms with E-state index in [2.05, 4.69) is 41.5 Å². The highest BCUT2D eigenvalue weighted by Gasteiger charge is 2.04. The summed E-state index contributed by atoms with van der Waals surface area (Å²) in [6.45, 7) is 2.83. The lowest BCUT2D eigenvalue weighted by atomic mass is 10.1. The lowest BCUT2D eigenvalue weighted by Gasteiger charge is -2.09. The number of H-pyrrole nitrogens is 1. The standard InChI is InChI=1S/C16H17N3/c1-11-6-7-14(17)16(8-11)19-10-12-9-18-15-5-3-2-4-13(12)15/h2-9,18-19H,10,17H2,1H3. The third kappa shape index (κ3) is 2.27. The smallest absolute Gasteiger partial charge is 0.0579 e. The van der Waals surface area contributed by atoms with Crippen LogP contribution in [0.5, 0.6) is 0 Å². The van der Waals surface area contributed by atoms with E-state index in [1.54, 1.807) is 0 Å². The van der Waals surface area contributed by atoms with Crippen LogP contribution in [0.15, 0.2) is 48.7 Å². The van der Waals surface area contributed by atoms with Gasteiger partial charge in [0.2, 0.25) is 0 Å². The summed E-state index contributed by atoms with van der Waals surface area (Å²) in [5.74, 6) is 0. The van der Waals surface area contributed by atoms with Crippen LogP contribution in [0.1, 0.15) is 11.1 Å². The molecule has 0 saturated heterocycles. The molecule has 4 N–H and O–H groups in total. The number of aryl methyl sites for hydroxylation is 1. The summed E-state index contributed by atoms with van der Waals surface area (Å²) in [6, 6.07) is 14.3. The predicted octanol–water partition coefficient (Wildman–Crippen LogP) is 3.67. The minimum atomic E-state index is 0.762. The minimum Gasteiger partial charge on any atom is -0.397 e. The summed E-state index contributed by atoms with van der Waals surface area (Å²) in [5, 5.41) is 4.65. The van der Waals surface area contributed by atoms with Crippen LogP contribution in [0.25, 0.3) is 10.9 Å². The molecule has 0 spiro atoms. The van der Waals surface area contributed by atoms with Gasteiger partial charge in [-0.15, -0.1) is 0 Å². The van der Waals surface area contributed by atoms with E-state index in [-0.39, 0.29) is 0 Å². The first kappa shape index (κ1) is 11.7. The van der Waals surface area contributed by atoms with Crippen LogP contribution in [-0.2, 0) is 6.54 Å². The van der Waals surface area contributed by atoms with Crippen molar-refractivity contribution in [1.82, 2.24) is 4.98 Å². The molecule has 0 atom stereocenters. The van der Waals surface area contributed by atoms with E-state index in [9.17, 15) is 0 Å². The minimum absolute atomic E-state index is 0.762. The maximum atomic E-state index is 5.97. The highest BCUT2D eigenvalue weighted by Crippen LogP contribution is 2.23. The summed E-state index contributed by atoms with van der Waals surface area (Å²) in [4.78, 5) is 3.28. The molecule has 1 heterocycles. The zero-order valence-corrected chi connectivity index (χ0v) is 10.9. The van der Waals surface area contributed by atoms with Crippen LogP contribution >= 0.6 is 0 Å². The van der Waals surface area contributed by atoms with Crippen molar-refractivity contribution >= 4 is 22.3 Å². The third-order valence-corrected chi connectivity index (χ3v) is 3.35.